The van der Waals surface area contributed by atoms with Gasteiger partial charge in [0.2, 0.25) is 0 Å². The molecule has 1 aliphatic carbocycles. The number of amides is 1. The van der Waals surface area contributed by atoms with E-state index in [0.717, 1.165) is 4.90 Å². The van der Waals surface area contributed by atoms with Crippen LogP contribution in [0, 0.1) is 0 Å². The average Bonchev–Trinajstić information content (AvgIpc) is 3.01. The molecule has 0 aromatic carbocycles. The van der Waals surface area contributed by atoms with Crippen molar-refractivity contribution in [3.8, 4) is 0 Å². The van der Waals surface area contributed by atoms with Crippen molar-refractivity contribution in [2.45, 2.75) is 38.4 Å². The molecule has 0 bridgehead atoms. The number of esters is 1. The fourth-order valence-corrected chi connectivity index (χ4v) is 1.44. The predicted molar refractivity (Wildman–Crippen MR) is 52.0 cm³/mol. The zero-order chi connectivity index (χ0) is 13.1. The Balaban J connectivity index is 2.50. The van der Waals surface area contributed by atoms with Crippen molar-refractivity contribution in [3.63, 3.8) is 0 Å². The topological polar surface area (TPSA) is 46.6 Å². The number of hydrogen-bond acceptors (Lipinski definition) is 3. The summed E-state index contributed by atoms with van der Waals surface area (Å²) in [5, 5.41) is 0. The molecule has 1 fully saturated rings. The van der Waals surface area contributed by atoms with Crippen LogP contribution in [0.15, 0.2) is 0 Å². The first-order chi connectivity index (χ1) is 7.86. The molecule has 4 nitrogen and oxygen atoms in total. The Bertz CT molecular complexity index is 300. The maximum atomic E-state index is 12.3. The molecule has 1 rings (SSSR count). The second-order valence-corrected chi connectivity index (χ2v) is 3.78. The number of carbonyl (C=O) groups excluding carboxylic acids is 2. The standard InChI is InChI=1S/C10H14F3NO3/c1-2-17-8(15)5-6-14(7-3-4-7)9(16)10(11,12)13/h7H,2-6H2,1H3. The third-order valence-electron chi connectivity index (χ3n) is 2.35. The molecule has 98 valence electrons. The van der Waals surface area contributed by atoms with Crippen LogP contribution in [0.25, 0.3) is 0 Å². The highest BCUT2D eigenvalue weighted by Crippen LogP contribution is 2.31. The van der Waals surface area contributed by atoms with Crippen molar-refractivity contribution in [2.75, 3.05) is 13.2 Å². The molecule has 0 N–H and O–H groups in total. The maximum absolute atomic E-state index is 12.3. The van der Waals surface area contributed by atoms with Crippen LogP contribution in [0.2, 0.25) is 0 Å². The molecule has 1 amide bonds. The molecule has 0 aromatic heterocycles. The van der Waals surface area contributed by atoms with Gasteiger partial charge in [0, 0.05) is 12.6 Å². The Kier molecular flexibility index (Phi) is 4.36. The summed E-state index contributed by atoms with van der Waals surface area (Å²) in [7, 11) is 0. The summed E-state index contributed by atoms with van der Waals surface area (Å²) >= 11 is 0. The van der Waals surface area contributed by atoms with E-state index in [1.54, 1.807) is 6.92 Å². The molecule has 0 aliphatic heterocycles. The first-order valence-electron chi connectivity index (χ1n) is 5.39. The van der Waals surface area contributed by atoms with E-state index in [1.165, 1.54) is 0 Å². The minimum absolute atomic E-state index is 0.176. The zero-order valence-corrected chi connectivity index (χ0v) is 9.42. The largest absolute Gasteiger partial charge is 0.471 e. The van der Waals surface area contributed by atoms with E-state index in [1.807, 2.05) is 0 Å². The molecule has 0 aromatic rings. The SMILES string of the molecule is CCOC(=O)CCN(C(=O)C(F)(F)F)C1CC1. The summed E-state index contributed by atoms with van der Waals surface area (Å²) in [4.78, 5) is 22.8. The van der Waals surface area contributed by atoms with Gasteiger partial charge in [0.05, 0.1) is 13.0 Å². The molecule has 1 aliphatic rings. The van der Waals surface area contributed by atoms with Gasteiger partial charge in [-0.15, -0.1) is 0 Å². The first kappa shape index (κ1) is 13.8. The molecule has 0 unspecified atom stereocenters. The Labute approximate surface area is 96.7 Å². The van der Waals surface area contributed by atoms with E-state index in [2.05, 4.69) is 4.74 Å². The van der Waals surface area contributed by atoms with Gasteiger partial charge in [-0.05, 0) is 19.8 Å². The van der Waals surface area contributed by atoms with E-state index in [4.69, 9.17) is 0 Å². The summed E-state index contributed by atoms with van der Waals surface area (Å²) in [6, 6.07) is -0.376. The van der Waals surface area contributed by atoms with Gasteiger partial charge >= 0.3 is 18.1 Å². The lowest BCUT2D eigenvalue weighted by Gasteiger charge is -2.22. The molecular formula is C10H14F3NO3. The molecule has 0 radical (unpaired) electrons. The van der Waals surface area contributed by atoms with E-state index in [9.17, 15) is 22.8 Å². The van der Waals surface area contributed by atoms with Crippen LogP contribution in [-0.4, -0.2) is 42.1 Å². The second-order valence-electron chi connectivity index (χ2n) is 3.78. The van der Waals surface area contributed by atoms with Gasteiger partial charge < -0.3 is 9.64 Å². The first-order valence-corrected chi connectivity index (χ1v) is 5.39. The molecule has 0 atom stereocenters. The van der Waals surface area contributed by atoms with Crippen LogP contribution < -0.4 is 0 Å². The van der Waals surface area contributed by atoms with Crippen LogP contribution >= 0.6 is 0 Å². The van der Waals surface area contributed by atoms with Crippen LogP contribution in [0.3, 0.4) is 0 Å². The van der Waals surface area contributed by atoms with Crippen molar-refractivity contribution in [1.29, 1.82) is 0 Å². The predicted octanol–water partition coefficient (Wildman–Crippen LogP) is 1.49. The Morgan fingerprint density at radius 1 is 1.35 bits per heavy atom. The Morgan fingerprint density at radius 2 is 1.94 bits per heavy atom. The van der Waals surface area contributed by atoms with Gasteiger partial charge in [-0.1, -0.05) is 0 Å². The summed E-state index contributed by atoms with van der Waals surface area (Å²) < 4.78 is 41.4. The van der Waals surface area contributed by atoms with Crippen LogP contribution in [0.4, 0.5) is 13.2 Å². The van der Waals surface area contributed by atoms with Gasteiger partial charge in [-0.2, -0.15) is 13.2 Å². The minimum Gasteiger partial charge on any atom is -0.466 e. The van der Waals surface area contributed by atoms with Gasteiger partial charge in [0.25, 0.3) is 0 Å². The van der Waals surface area contributed by atoms with Gasteiger partial charge in [-0.3, -0.25) is 9.59 Å². The Morgan fingerprint density at radius 3 is 2.35 bits per heavy atom. The van der Waals surface area contributed by atoms with Crippen LogP contribution in [0.5, 0.6) is 0 Å². The molecule has 0 heterocycles. The van der Waals surface area contributed by atoms with Gasteiger partial charge in [-0.25, -0.2) is 0 Å². The number of carbonyl (C=O) groups is 2. The maximum Gasteiger partial charge on any atom is 0.471 e. The third kappa shape index (κ3) is 4.24. The number of ether oxygens (including phenoxy) is 1. The van der Waals surface area contributed by atoms with Gasteiger partial charge in [0.15, 0.2) is 0 Å². The molecule has 17 heavy (non-hydrogen) atoms. The third-order valence-corrected chi connectivity index (χ3v) is 2.35. The summed E-state index contributed by atoms with van der Waals surface area (Å²) in [5.41, 5.74) is 0. The van der Waals surface area contributed by atoms with E-state index in [0.29, 0.717) is 12.8 Å². The summed E-state index contributed by atoms with van der Waals surface area (Å²) in [6.07, 6.45) is -3.96. The molecule has 7 heteroatoms. The lowest BCUT2D eigenvalue weighted by Crippen LogP contribution is -2.43. The zero-order valence-electron chi connectivity index (χ0n) is 9.42. The van der Waals surface area contributed by atoms with Crippen LogP contribution in [-0.2, 0) is 14.3 Å². The van der Waals surface area contributed by atoms with Crippen molar-refractivity contribution < 1.29 is 27.5 Å². The highest BCUT2D eigenvalue weighted by Gasteiger charge is 2.46. The molecule has 0 saturated heterocycles. The van der Waals surface area contributed by atoms with E-state index < -0.39 is 18.1 Å². The fraction of sp³-hybridized carbons (Fsp3) is 0.800. The van der Waals surface area contributed by atoms with Gasteiger partial charge in [0.1, 0.15) is 0 Å². The highest BCUT2D eigenvalue weighted by atomic mass is 19.4. The average molecular weight is 253 g/mol. The summed E-state index contributed by atoms with van der Waals surface area (Å²) in [5.74, 6) is -2.46. The number of rotatable bonds is 5. The Hall–Kier alpha value is -1.27. The van der Waals surface area contributed by atoms with E-state index >= 15 is 0 Å². The van der Waals surface area contributed by atoms with E-state index in [-0.39, 0.29) is 25.6 Å². The van der Waals surface area contributed by atoms with Crippen molar-refractivity contribution in [3.05, 3.63) is 0 Å². The second kappa shape index (κ2) is 5.37. The van der Waals surface area contributed by atoms with Crippen molar-refractivity contribution in [2.24, 2.45) is 0 Å². The summed E-state index contributed by atoms with van der Waals surface area (Å²) in [6.45, 7) is 1.55. The number of halogens is 3. The lowest BCUT2D eigenvalue weighted by molar-refractivity contribution is -0.186. The van der Waals surface area contributed by atoms with Crippen LogP contribution in [0.1, 0.15) is 26.2 Å². The highest BCUT2D eigenvalue weighted by molar-refractivity contribution is 5.83. The normalized spacial score (nSPS) is 15.5. The fourth-order valence-electron chi connectivity index (χ4n) is 1.44. The number of hydrogen-bond donors (Lipinski definition) is 0. The number of alkyl halides is 3. The van der Waals surface area contributed by atoms with Crippen molar-refractivity contribution >= 4 is 11.9 Å². The lowest BCUT2D eigenvalue weighted by atomic mass is 10.3. The van der Waals surface area contributed by atoms with Crippen molar-refractivity contribution in [1.82, 2.24) is 4.90 Å². The smallest absolute Gasteiger partial charge is 0.466 e. The molecular weight excluding hydrogens is 239 g/mol. The minimum atomic E-state index is -4.88. The number of nitrogens with zero attached hydrogens (tertiary/aromatic N) is 1. The molecule has 1 saturated carbocycles. The quantitative estimate of drug-likeness (QED) is 0.697. The molecule has 0 spiro atoms. The monoisotopic (exact) mass is 253 g/mol.